The van der Waals surface area contributed by atoms with Gasteiger partial charge in [-0.2, -0.15) is 5.10 Å². The minimum Gasteiger partial charge on any atom is -0.497 e. The van der Waals surface area contributed by atoms with Gasteiger partial charge in [-0.25, -0.2) is 0 Å². The van der Waals surface area contributed by atoms with Crippen LogP contribution in [0.4, 0.5) is 0 Å². The van der Waals surface area contributed by atoms with E-state index in [2.05, 4.69) is 44.3 Å². The van der Waals surface area contributed by atoms with E-state index in [4.69, 9.17) is 4.74 Å². The van der Waals surface area contributed by atoms with Gasteiger partial charge in [0.15, 0.2) is 0 Å². The lowest BCUT2D eigenvalue weighted by Crippen LogP contribution is -2.35. The van der Waals surface area contributed by atoms with Gasteiger partial charge >= 0.3 is 0 Å². The van der Waals surface area contributed by atoms with Gasteiger partial charge in [-0.15, -0.1) is 0 Å². The number of aromatic nitrogens is 2. The van der Waals surface area contributed by atoms with Crippen LogP contribution in [0, 0.1) is 11.8 Å². The second-order valence-corrected chi connectivity index (χ2v) is 8.27. The Morgan fingerprint density at radius 1 is 1.13 bits per heavy atom. The molecule has 5 rings (SSSR count). The number of nitrogens with zero attached hydrogens (tertiary/aromatic N) is 3. The highest BCUT2D eigenvalue weighted by atomic mass is 16.5. The van der Waals surface area contributed by atoms with Gasteiger partial charge in [-0.05, 0) is 29.7 Å². The summed E-state index contributed by atoms with van der Waals surface area (Å²) in [6, 6.07) is 18.0. The average molecular weight is 402 g/mol. The standard InChI is InChI=1S/C24H26N4O2/c1-30-21-9-5-8-19(10-21)24(29)28-15-20-14-27(13-17-11-25-26-12-17)16-22(20)23(28)18-6-3-2-4-7-18/h2-12,20,22-23H,13-16H2,1H3,(H,25,26)/t20-,22-,23+/m0/s1. The topological polar surface area (TPSA) is 61.5 Å². The predicted molar refractivity (Wildman–Crippen MR) is 114 cm³/mol. The number of aromatic amines is 1. The highest BCUT2D eigenvalue weighted by Gasteiger charge is 2.49. The molecule has 0 bridgehead atoms. The van der Waals surface area contributed by atoms with Crippen molar-refractivity contribution in [1.82, 2.24) is 20.0 Å². The van der Waals surface area contributed by atoms with Crippen LogP contribution in [0.2, 0.25) is 0 Å². The van der Waals surface area contributed by atoms with Crippen molar-refractivity contribution in [3.63, 3.8) is 0 Å². The summed E-state index contributed by atoms with van der Waals surface area (Å²) in [4.78, 5) is 18.1. The number of hydrogen-bond donors (Lipinski definition) is 1. The summed E-state index contributed by atoms with van der Waals surface area (Å²) >= 11 is 0. The minimum absolute atomic E-state index is 0.0820. The Bertz CT molecular complexity index is 1010. The quantitative estimate of drug-likeness (QED) is 0.711. The van der Waals surface area contributed by atoms with Gasteiger partial charge in [0.05, 0.1) is 19.3 Å². The van der Waals surface area contributed by atoms with Crippen LogP contribution in [-0.2, 0) is 6.54 Å². The third-order valence-electron chi connectivity index (χ3n) is 6.42. The van der Waals surface area contributed by atoms with Crippen molar-refractivity contribution in [1.29, 1.82) is 0 Å². The lowest BCUT2D eigenvalue weighted by atomic mass is 9.89. The molecule has 3 atom stereocenters. The number of benzene rings is 2. The van der Waals surface area contributed by atoms with E-state index in [1.807, 2.05) is 42.7 Å². The number of carbonyl (C=O) groups excluding carboxylic acids is 1. The molecule has 0 spiro atoms. The molecule has 2 aliphatic rings. The number of fused-ring (bicyclic) bond motifs is 1. The van der Waals surface area contributed by atoms with Gasteiger partial charge in [-0.1, -0.05) is 36.4 Å². The van der Waals surface area contributed by atoms with Crippen LogP contribution in [-0.4, -0.2) is 52.6 Å². The van der Waals surface area contributed by atoms with E-state index in [9.17, 15) is 4.79 Å². The first-order chi connectivity index (χ1) is 14.7. The first-order valence-electron chi connectivity index (χ1n) is 10.4. The summed E-state index contributed by atoms with van der Waals surface area (Å²) in [6.45, 7) is 3.66. The summed E-state index contributed by atoms with van der Waals surface area (Å²) < 4.78 is 5.33. The normalized spacial score (nSPS) is 23.5. The van der Waals surface area contributed by atoms with Gasteiger partial charge in [0.2, 0.25) is 0 Å². The molecule has 2 aromatic carbocycles. The summed E-state index contributed by atoms with van der Waals surface area (Å²) in [7, 11) is 1.63. The van der Waals surface area contributed by atoms with E-state index >= 15 is 0 Å². The van der Waals surface area contributed by atoms with Crippen molar-refractivity contribution < 1.29 is 9.53 Å². The van der Waals surface area contributed by atoms with E-state index in [-0.39, 0.29) is 11.9 Å². The molecule has 154 valence electrons. The second-order valence-electron chi connectivity index (χ2n) is 8.27. The molecule has 0 saturated carbocycles. The fourth-order valence-electron chi connectivity index (χ4n) is 5.10. The molecular weight excluding hydrogens is 376 g/mol. The van der Waals surface area contributed by atoms with Crippen molar-refractivity contribution in [2.24, 2.45) is 11.8 Å². The molecule has 1 aromatic heterocycles. The third kappa shape index (κ3) is 3.48. The van der Waals surface area contributed by atoms with Crippen LogP contribution >= 0.6 is 0 Å². The largest absolute Gasteiger partial charge is 0.497 e. The molecule has 2 fully saturated rings. The van der Waals surface area contributed by atoms with Crippen LogP contribution in [0.15, 0.2) is 67.0 Å². The Kier molecular flexibility index (Phi) is 5.01. The number of H-pyrrole nitrogens is 1. The zero-order valence-corrected chi connectivity index (χ0v) is 17.1. The van der Waals surface area contributed by atoms with Gasteiger partial charge in [0.1, 0.15) is 5.75 Å². The highest BCUT2D eigenvalue weighted by molar-refractivity contribution is 5.95. The predicted octanol–water partition coefficient (Wildman–Crippen LogP) is 3.36. The average Bonchev–Trinajstić information content (AvgIpc) is 3.50. The Morgan fingerprint density at radius 3 is 2.77 bits per heavy atom. The van der Waals surface area contributed by atoms with Crippen LogP contribution in [0.3, 0.4) is 0 Å². The zero-order chi connectivity index (χ0) is 20.5. The summed E-state index contributed by atoms with van der Waals surface area (Å²) in [5.41, 5.74) is 3.10. The van der Waals surface area contributed by atoms with E-state index in [0.717, 1.165) is 26.2 Å². The molecular formula is C24H26N4O2. The highest BCUT2D eigenvalue weighted by Crippen LogP contribution is 2.45. The fourth-order valence-corrected chi connectivity index (χ4v) is 5.10. The maximum absolute atomic E-state index is 13.5. The smallest absolute Gasteiger partial charge is 0.254 e. The Labute approximate surface area is 176 Å². The second kappa shape index (κ2) is 7.95. The number of ether oxygens (including phenoxy) is 1. The molecule has 6 heteroatoms. The van der Waals surface area contributed by atoms with E-state index < -0.39 is 0 Å². The first-order valence-corrected chi connectivity index (χ1v) is 10.4. The molecule has 0 radical (unpaired) electrons. The molecule has 1 amide bonds. The third-order valence-corrected chi connectivity index (χ3v) is 6.42. The van der Waals surface area contributed by atoms with E-state index in [0.29, 0.717) is 23.1 Å². The number of carbonyl (C=O) groups is 1. The van der Waals surface area contributed by atoms with Crippen molar-refractivity contribution in [2.45, 2.75) is 12.6 Å². The summed E-state index contributed by atoms with van der Waals surface area (Å²) in [5, 5.41) is 6.97. The Hall–Kier alpha value is -3.12. The molecule has 2 saturated heterocycles. The van der Waals surface area contributed by atoms with E-state index in [1.165, 1.54) is 11.1 Å². The molecule has 3 aromatic rings. The van der Waals surface area contributed by atoms with Crippen molar-refractivity contribution in [2.75, 3.05) is 26.7 Å². The van der Waals surface area contributed by atoms with Crippen LogP contribution in [0.5, 0.6) is 5.75 Å². The maximum atomic E-state index is 13.5. The number of nitrogens with one attached hydrogen (secondary N) is 1. The van der Waals surface area contributed by atoms with Crippen LogP contribution < -0.4 is 4.74 Å². The monoisotopic (exact) mass is 402 g/mol. The molecule has 2 aliphatic heterocycles. The number of likely N-dealkylation sites (tertiary alicyclic amines) is 2. The van der Waals surface area contributed by atoms with Crippen LogP contribution in [0.1, 0.15) is 27.5 Å². The van der Waals surface area contributed by atoms with Gasteiger partial charge in [0.25, 0.3) is 5.91 Å². The van der Waals surface area contributed by atoms with Crippen molar-refractivity contribution in [3.8, 4) is 5.75 Å². The number of rotatable bonds is 5. The lowest BCUT2D eigenvalue weighted by molar-refractivity contribution is 0.0699. The number of amides is 1. The Morgan fingerprint density at radius 2 is 2.00 bits per heavy atom. The first kappa shape index (κ1) is 18.9. The molecule has 6 nitrogen and oxygen atoms in total. The molecule has 0 aliphatic carbocycles. The molecule has 0 unspecified atom stereocenters. The molecule has 1 N–H and O–H groups in total. The molecule has 3 heterocycles. The lowest BCUT2D eigenvalue weighted by Gasteiger charge is -2.30. The summed E-state index contributed by atoms with van der Waals surface area (Å²) in [6.07, 6.45) is 3.85. The summed E-state index contributed by atoms with van der Waals surface area (Å²) in [5.74, 6) is 1.69. The molecule has 30 heavy (non-hydrogen) atoms. The Balaban J connectivity index is 1.42. The SMILES string of the molecule is COc1cccc(C(=O)N2C[C@@H]3CN(Cc4cn[nH]c4)C[C@@H]3[C@H]2c2ccccc2)c1. The van der Waals surface area contributed by atoms with Crippen molar-refractivity contribution >= 4 is 5.91 Å². The van der Waals surface area contributed by atoms with Crippen molar-refractivity contribution in [3.05, 3.63) is 83.7 Å². The minimum atomic E-state index is 0.0820. The zero-order valence-electron chi connectivity index (χ0n) is 17.1. The van der Waals surface area contributed by atoms with Gasteiger partial charge in [0, 0.05) is 49.4 Å². The van der Waals surface area contributed by atoms with Gasteiger partial charge in [-0.3, -0.25) is 14.8 Å². The number of hydrogen-bond acceptors (Lipinski definition) is 4. The van der Waals surface area contributed by atoms with E-state index in [1.54, 1.807) is 7.11 Å². The maximum Gasteiger partial charge on any atom is 0.254 e. The number of methoxy groups -OCH3 is 1. The van der Waals surface area contributed by atoms with Gasteiger partial charge < -0.3 is 9.64 Å². The fraction of sp³-hybridized carbons (Fsp3) is 0.333. The van der Waals surface area contributed by atoms with Crippen LogP contribution in [0.25, 0.3) is 0 Å².